The Kier molecular flexibility index (Phi) is 7.34. The van der Waals surface area contributed by atoms with Gasteiger partial charge in [-0.1, -0.05) is 6.92 Å². The van der Waals surface area contributed by atoms with Crippen molar-refractivity contribution in [2.75, 3.05) is 18.4 Å². The summed E-state index contributed by atoms with van der Waals surface area (Å²) in [5.74, 6) is 0.607. The number of anilines is 1. The SMILES string of the molecule is Cc1ccc(NC(=O)C(C)C2CNC2)c(C)n1.Cl.Cl. The van der Waals surface area contributed by atoms with Crippen LogP contribution < -0.4 is 10.6 Å². The minimum absolute atomic E-state index is 0. The predicted octanol–water partition coefficient (Wildman–Crippen LogP) is 2.34. The Bertz CT molecular complexity index is 436. The molecule has 4 nitrogen and oxygen atoms in total. The van der Waals surface area contributed by atoms with Gasteiger partial charge in [-0.05, 0) is 45.0 Å². The first kappa shape index (κ1) is 18.2. The highest BCUT2D eigenvalue weighted by atomic mass is 35.5. The largest absolute Gasteiger partial charge is 0.324 e. The van der Waals surface area contributed by atoms with Gasteiger partial charge in [-0.2, -0.15) is 0 Å². The van der Waals surface area contributed by atoms with Gasteiger partial charge in [-0.15, -0.1) is 24.8 Å². The number of nitrogens with zero attached hydrogens (tertiary/aromatic N) is 1. The Morgan fingerprint density at radius 3 is 2.47 bits per heavy atom. The zero-order valence-corrected chi connectivity index (χ0v) is 13.0. The number of rotatable bonds is 3. The number of carbonyl (C=O) groups is 1. The van der Waals surface area contributed by atoms with E-state index >= 15 is 0 Å². The van der Waals surface area contributed by atoms with Crippen molar-refractivity contribution in [2.45, 2.75) is 20.8 Å². The molecule has 1 aliphatic heterocycles. The Morgan fingerprint density at radius 1 is 1.37 bits per heavy atom. The lowest BCUT2D eigenvalue weighted by molar-refractivity contribution is -0.121. The molecule has 1 atom stereocenters. The van der Waals surface area contributed by atoms with E-state index in [-0.39, 0.29) is 36.6 Å². The molecule has 1 aromatic rings. The Hall–Kier alpha value is -0.840. The van der Waals surface area contributed by atoms with E-state index in [1.54, 1.807) is 0 Å². The van der Waals surface area contributed by atoms with Crippen molar-refractivity contribution < 1.29 is 4.79 Å². The number of aromatic nitrogens is 1. The predicted molar refractivity (Wildman–Crippen MR) is 82.4 cm³/mol. The molecule has 1 aromatic heterocycles. The maximum Gasteiger partial charge on any atom is 0.227 e. The summed E-state index contributed by atoms with van der Waals surface area (Å²) in [5.41, 5.74) is 2.66. The topological polar surface area (TPSA) is 54.0 Å². The summed E-state index contributed by atoms with van der Waals surface area (Å²) in [4.78, 5) is 16.4. The van der Waals surface area contributed by atoms with Crippen LogP contribution in [0.15, 0.2) is 12.1 Å². The lowest BCUT2D eigenvalue weighted by atomic mass is 9.88. The summed E-state index contributed by atoms with van der Waals surface area (Å²) in [5, 5.41) is 6.14. The van der Waals surface area contributed by atoms with Crippen molar-refractivity contribution in [3.63, 3.8) is 0 Å². The number of carbonyl (C=O) groups excluding carboxylic acids is 1. The van der Waals surface area contributed by atoms with Gasteiger partial charge in [-0.3, -0.25) is 9.78 Å². The zero-order valence-electron chi connectivity index (χ0n) is 11.4. The van der Waals surface area contributed by atoms with Crippen molar-refractivity contribution in [3.8, 4) is 0 Å². The van der Waals surface area contributed by atoms with E-state index in [4.69, 9.17) is 0 Å². The van der Waals surface area contributed by atoms with E-state index in [1.165, 1.54) is 0 Å². The molecular formula is C13H21Cl2N3O. The van der Waals surface area contributed by atoms with Crippen molar-refractivity contribution in [1.29, 1.82) is 0 Å². The van der Waals surface area contributed by atoms with Gasteiger partial charge in [0.05, 0.1) is 11.4 Å². The Labute approximate surface area is 126 Å². The first-order valence-electron chi connectivity index (χ1n) is 6.03. The van der Waals surface area contributed by atoms with Crippen LogP contribution in [0.2, 0.25) is 0 Å². The van der Waals surface area contributed by atoms with E-state index in [0.29, 0.717) is 5.92 Å². The van der Waals surface area contributed by atoms with E-state index in [2.05, 4.69) is 15.6 Å². The second-order valence-electron chi connectivity index (χ2n) is 4.78. The van der Waals surface area contributed by atoms with Gasteiger partial charge in [0, 0.05) is 11.6 Å². The van der Waals surface area contributed by atoms with Crippen LogP contribution in [0.4, 0.5) is 5.69 Å². The number of pyridine rings is 1. The maximum absolute atomic E-state index is 12.0. The third kappa shape index (κ3) is 4.34. The van der Waals surface area contributed by atoms with E-state index < -0.39 is 0 Å². The van der Waals surface area contributed by atoms with Crippen molar-refractivity contribution in [2.24, 2.45) is 11.8 Å². The minimum Gasteiger partial charge on any atom is -0.324 e. The summed E-state index contributed by atoms with van der Waals surface area (Å²) in [6.07, 6.45) is 0. The summed E-state index contributed by atoms with van der Waals surface area (Å²) in [6, 6.07) is 3.83. The molecule has 0 spiro atoms. The lowest BCUT2D eigenvalue weighted by Gasteiger charge is -2.31. The second kappa shape index (κ2) is 7.68. The van der Waals surface area contributed by atoms with Crippen LogP contribution in [0, 0.1) is 25.7 Å². The van der Waals surface area contributed by atoms with Crippen molar-refractivity contribution in [3.05, 3.63) is 23.5 Å². The molecule has 6 heteroatoms. The number of nitrogens with one attached hydrogen (secondary N) is 2. The monoisotopic (exact) mass is 305 g/mol. The molecule has 0 aromatic carbocycles. The molecule has 1 aliphatic rings. The molecule has 2 N–H and O–H groups in total. The Balaban J connectivity index is 0.00000162. The Morgan fingerprint density at radius 2 is 2.00 bits per heavy atom. The van der Waals surface area contributed by atoms with Gasteiger partial charge >= 0.3 is 0 Å². The molecule has 1 unspecified atom stereocenters. The lowest BCUT2D eigenvalue weighted by Crippen LogP contribution is -2.48. The first-order chi connectivity index (χ1) is 8.08. The number of halogens is 2. The quantitative estimate of drug-likeness (QED) is 0.901. The fourth-order valence-corrected chi connectivity index (χ4v) is 1.94. The molecular weight excluding hydrogens is 285 g/mol. The normalized spacial score (nSPS) is 15.5. The van der Waals surface area contributed by atoms with Gasteiger partial charge in [0.2, 0.25) is 5.91 Å². The van der Waals surface area contributed by atoms with Gasteiger partial charge in [0.15, 0.2) is 0 Å². The van der Waals surface area contributed by atoms with Crippen LogP contribution in [0.3, 0.4) is 0 Å². The number of amides is 1. The standard InChI is InChI=1S/C13H19N3O.2ClH/c1-8-4-5-12(10(3)15-8)16-13(17)9(2)11-6-14-7-11;;/h4-5,9,11,14H,6-7H2,1-3H3,(H,16,17);2*1H. The average Bonchev–Trinajstić information content (AvgIpc) is 2.19. The fourth-order valence-electron chi connectivity index (χ4n) is 1.94. The summed E-state index contributed by atoms with van der Waals surface area (Å²) in [6.45, 7) is 7.73. The molecule has 1 fully saturated rings. The highest BCUT2D eigenvalue weighted by Crippen LogP contribution is 2.19. The van der Waals surface area contributed by atoms with E-state index in [0.717, 1.165) is 30.2 Å². The molecule has 0 aliphatic carbocycles. The summed E-state index contributed by atoms with van der Waals surface area (Å²) >= 11 is 0. The van der Waals surface area contributed by atoms with Crippen molar-refractivity contribution in [1.82, 2.24) is 10.3 Å². The highest BCUT2D eigenvalue weighted by molar-refractivity contribution is 5.93. The number of hydrogen-bond acceptors (Lipinski definition) is 3. The molecule has 0 saturated carbocycles. The molecule has 1 saturated heterocycles. The van der Waals surface area contributed by atoms with E-state index in [9.17, 15) is 4.79 Å². The smallest absolute Gasteiger partial charge is 0.227 e. The molecule has 108 valence electrons. The number of aryl methyl sites for hydroxylation is 2. The molecule has 19 heavy (non-hydrogen) atoms. The van der Waals surface area contributed by atoms with Gasteiger partial charge in [-0.25, -0.2) is 0 Å². The summed E-state index contributed by atoms with van der Waals surface area (Å²) < 4.78 is 0. The first-order valence-corrected chi connectivity index (χ1v) is 6.03. The fraction of sp³-hybridized carbons (Fsp3) is 0.538. The average molecular weight is 306 g/mol. The number of hydrogen-bond donors (Lipinski definition) is 2. The minimum atomic E-state index is 0. The van der Waals surface area contributed by atoms with Crippen LogP contribution in [0.1, 0.15) is 18.3 Å². The molecule has 0 bridgehead atoms. The van der Waals surface area contributed by atoms with Crippen LogP contribution in [-0.2, 0) is 4.79 Å². The van der Waals surface area contributed by atoms with Crippen LogP contribution in [0.25, 0.3) is 0 Å². The van der Waals surface area contributed by atoms with Gasteiger partial charge in [0.25, 0.3) is 0 Å². The molecule has 2 heterocycles. The zero-order chi connectivity index (χ0) is 12.4. The van der Waals surface area contributed by atoms with Crippen LogP contribution in [0.5, 0.6) is 0 Å². The van der Waals surface area contributed by atoms with Gasteiger partial charge in [0.1, 0.15) is 0 Å². The molecule has 2 rings (SSSR count). The second-order valence-corrected chi connectivity index (χ2v) is 4.78. The molecule has 0 radical (unpaired) electrons. The van der Waals surface area contributed by atoms with Crippen LogP contribution in [-0.4, -0.2) is 24.0 Å². The summed E-state index contributed by atoms with van der Waals surface area (Å²) in [7, 11) is 0. The molecule has 1 amide bonds. The third-order valence-electron chi connectivity index (χ3n) is 3.42. The highest BCUT2D eigenvalue weighted by Gasteiger charge is 2.28. The van der Waals surface area contributed by atoms with Gasteiger partial charge < -0.3 is 10.6 Å². The third-order valence-corrected chi connectivity index (χ3v) is 3.42. The maximum atomic E-state index is 12.0. The van der Waals surface area contributed by atoms with E-state index in [1.807, 2.05) is 32.9 Å². The van der Waals surface area contributed by atoms with Crippen molar-refractivity contribution >= 4 is 36.4 Å². The van der Waals surface area contributed by atoms with Crippen LogP contribution >= 0.6 is 24.8 Å².